The van der Waals surface area contributed by atoms with Crippen LogP contribution in [-0.2, 0) is 4.74 Å². The van der Waals surface area contributed by atoms with Gasteiger partial charge in [0.05, 0.1) is 11.6 Å². The molecule has 3 N–H and O–H groups in total. The third-order valence-electron chi connectivity index (χ3n) is 3.85. The molecule has 0 spiro atoms. The van der Waals surface area contributed by atoms with Gasteiger partial charge in [-0.1, -0.05) is 18.7 Å². The topological polar surface area (TPSA) is 97.0 Å². The predicted octanol–water partition coefficient (Wildman–Crippen LogP) is 3.25. The van der Waals surface area contributed by atoms with E-state index in [0.29, 0.717) is 21.7 Å². The molecule has 1 heterocycles. The van der Waals surface area contributed by atoms with Crippen LogP contribution in [0.4, 0.5) is 16.2 Å². The number of nitrogens with two attached hydrogens (primary N) is 1. The average Bonchev–Trinajstić information content (AvgIpc) is 2.82. The molecule has 0 saturated heterocycles. The van der Waals surface area contributed by atoms with Crippen LogP contribution in [0.3, 0.4) is 0 Å². The first-order valence-corrected chi connectivity index (χ1v) is 9.28. The van der Waals surface area contributed by atoms with Crippen molar-refractivity contribution in [1.82, 2.24) is 5.32 Å². The number of benzene rings is 1. The van der Waals surface area contributed by atoms with Crippen LogP contribution in [0.25, 0.3) is 0 Å². The van der Waals surface area contributed by atoms with Gasteiger partial charge in [-0.25, -0.2) is 4.79 Å². The summed E-state index contributed by atoms with van der Waals surface area (Å²) in [5.41, 5.74) is 6.59. The summed E-state index contributed by atoms with van der Waals surface area (Å²) in [6.07, 6.45) is -0.492. The highest BCUT2D eigenvalue weighted by atomic mass is 32.2. The molecule has 1 aromatic carbocycles. The summed E-state index contributed by atoms with van der Waals surface area (Å²) in [5.74, 6) is -0.318. The number of hydrogen-bond acceptors (Lipinski definition) is 6. The van der Waals surface area contributed by atoms with E-state index in [1.165, 1.54) is 16.7 Å². The van der Waals surface area contributed by atoms with Gasteiger partial charge in [-0.2, -0.15) is 0 Å². The van der Waals surface area contributed by atoms with Crippen LogP contribution < -0.4 is 16.0 Å². The first-order chi connectivity index (χ1) is 12.0. The molecule has 0 bridgehead atoms. The second kappa shape index (κ2) is 7.57. The van der Waals surface area contributed by atoms with E-state index in [0.717, 1.165) is 0 Å². The Bertz CT molecular complexity index is 742. The lowest BCUT2D eigenvalue weighted by Crippen LogP contribution is -2.34. The minimum Gasteiger partial charge on any atom is -0.443 e. The molecule has 0 saturated carbocycles. The van der Waals surface area contributed by atoms with E-state index in [-0.39, 0.29) is 17.6 Å². The Morgan fingerprint density at radius 1 is 1.31 bits per heavy atom. The highest BCUT2D eigenvalue weighted by Crippen LogP contribution is 2.26. The van der Waals surface area contributed by atoms with Gasteiger partial charge in [-0.3, -0.25) is 14.7 Å². The Morgan fingerprint density at radius 2 is 1.96 bits per heavy atom. The van der Waals surface area contributed by atoms with Crippen LogP contribution in [-0.4, -0.2) is 41.1 Å². The number of amides is 2. The summed E-state index contributed by atoms with van der Waals surface area (Å²) in [6.45, 7) is 9.46. The zero-order chi connectivity index (χ0) is 19.6. The zero-order valence-electron chi connectivity index (χ0n) is 16.0. The van der Waals surface area contributed by atoms with Crippen molar-refractivity contribution < 1.29 is 14.3 Å². The van der Waals surface area contributed by atoms with Crippen LogP contribution in [0.5, 0.6) is 0 Å². The number of nitrogens with zero attached hydrogens (tertiary/aromatic N) is 2. The van der Waals surface area contributed by atoms with E-state index in [4.69, 9.17) is 10.5 Å². The highest BCUT2D eigenvalue weighted by Gasteiger charge is 2.25. The molecule has 2 unspecified atom stereocenters. The van der Waals surface area contributed by atoms with Gasteiger partial charge in [-0.05, 0) is 45.9 Å². The molecule has 0 aliphatic carbocycles. The fraction of sp³-hybridized carbons (Fsp3) is 0.500. The Labute approximate surface area is 158 Å². The van der Waals surface area contributed by atoms with E-state index in [1.54, 1.807) is 46.0 Å². The maximum absolute atomic E-state index is 12.4. The van der Waals surface area contributed by atoms with Gasteiger partial charge < -0.3 is 15.8 Å². The molecule has 8 heteroatoms. The molecule has 26 heavy (non-hydrogen) atoms. The third-order valence-corrected chi connectivity index (χ3v) is 5.05. The zero-order valence-corrected chi connectivity index (χ0v) is 16.8. The maximum atomic E-state index is 12.4. The first kappa shape index (κ1) is 20.1. The van der Waals surface area contributed by atoms with Crippen LogP contribution in [0.15, 0.2) is 23.2 Å². The van der Waals surface area contributed by atoms with Gasteiger partial charge in [0.25, 0.3) is 5.91 Å². The average molecular weight is 378 g/mol. The molecular weight excluding hydrogens is 352 g/mol. The van der Waals surface area contributed by atoms with Gasteiger partial charge in [0.1, 0.15) is 5.60 Å². The summed E-state index contributed by atoms with van der Waals surface area (Å²) < 4.78 is 5.33. The number of amidine groups is 1. The molecule has 2 atom stereocenters. The van der Waals surface area contributed by atoms with E-state index in [9.17, 15) is 9.59 Å². The number of thioether (sulfide) groups is 1. The summed E-state index contributed by atoms with van der Waals surface area (Å²) in [7, 11) is 1.59. The van der Waals surface area contributed by atoms with Crippen LogP contribution in [0, 0.1) is 0 Å². The van der Waals surface area contributed by atoms with Gasteiger partial charge in [-0.15, -0.1) is 0 Å². The summed E-state index contributed by atoms with van der Waals surface area (Å²) in [5, 5.41) is 3.72. The van der Waals surface area contributed by atoms with Crippen molar-refractivity contribution in [2.75, 3.05) is 17.7 Å². The normalized spacial score (nSPS) is 19.7. The molecule has 1 aliphatic rings. The van der Waals surface area contributed by atoms with Crippen molar-refractivity contribution in [3.63, 3.8) is 0 Å². The number of anilines is 2. The Hall–Kier alpha value is -2.22. The number of hydrogen-bond donors (Lipinski definition) is 2. The molecule has 0 fully saturated rings. The molecule has 142 valence electrons. The van der Waals surface area contributed by atoms with E-state index in [1.807, 2.05) is 6.92 Å². The van der Waals surface area contributed by atoms with Crippen molar-refractivity contribution in [2.45, 2.75) is 51.5 Å². The fourth-order valence-corrected chi connectivity index (χ4v) is 3.21. The van der Waals surface area contributed by atoms with Gasteiger partial charge in [0, 0.05) is 23.7 Å². The smallest absolute Gasteiger partial charge is 0.414 e. The lowest BCUT2D eigenvalue weighted by atomic mass is 10.1. The number of ether oxygens (including phenoxy) is 1. The first-order valence-electron chi connectivity index (χ1n) is 8.40. The number of aliphatic imine (C=N–C) groups is 1. The highest BCUT2D eigenvalue weighted by molar-refractivity contribution is 8.14. The SMILES string of the molecule is CC1N=C(NC(=O)c2ccc(N(C)C(=O)OC(C)(C)C)cc2N)SC1C. The van der Waals surface area contributed by atoms with Gasteiger partial charge in [0.15, 0.2) is 5.17 Å². The summed E-state index contributed by atoms with van der Waals surface area (Å²) in [6, 6.07) is 4.99. The number of nitrogens with one attached hydrogen (secondary N) is 1. The van der Waals surface area contributed by atoms with Gasteiger partial charge in [0.2, 0.25) is 0 Å². The summed E-state index contributed by atoms with van der Waals surface area (Å²) in [4.78, 5) is 30.3. The van der Waals surface area contributed by atoms with Crippen LogP contribution in [0.1, 0.15) is 45.0 Å². The molecule has 7 nitrogen and oxygen atoms in total. The monoisotopic (exact) mass is 378 g/mol. The van der Waals surface area contributed by atoms with Crippen molar-refractivity contribution >= 4 is 40.3 Å². The minimum absolute atomic E-state index is 0.164. The second-order valence-electron chi connectivity index (χ2n) is 7.26. The van der Waals surface area contributed by atoms with Crippen LogP contribution in [0.2, 0.25) is 0 Å². The number of carbonyl (C=O) groups excluding carboxylic acids is 2. The maximum Gasteiger partial charge on any atom is 0.414 e. The Balaban J connectivity index is 2.10. The Morgan fingerprint density at radius 3 is 2.46 bits per heavy atom. The fourth-order valence-electron chi connectivity index (χ4n) is 2.22. The Kier molecular flexibility index (Phi) is 5.85. The lowest BCUT2D eigenvalue weighted by Gasteiger charge is -2.25. The quantitative estimate of drug-likeness (QED) is 0.770. The van der Waals surface area contributed by atoms with E-state index >= 15 is 0 Å². The van der Waals surface area contributed by atoms with Gasteiger partial charge >= 0.3 is 6.09 Å². The number of nitrogen functional groups attached to an aromatic ring is 1. The molecule has 2 amide bonds. The van der Waals surface area contributed by atoms with Crippen molar-refractivity contribution in [1.29, 1.82) is 0 Å². The molecule has 1 aromatic rings. The largest absolute Gasteiger partial charge is 0.443 e. The second-order valence-corrected chi connectivity index (χ2v) is 8.63. The number of rotatable bonds is 2. The minimum atomic E-state index is -0.593. The van der Waals surface area contributed by atoms with Crippen molar-refractivity contribution in [3.8, 4) is 0 Å². The third kappa shape index (κ3) is 4.91. The molecule has 2 rings (SSSR count). The molecule has 1 aliphatic heterocycles. The molecular formula is C18H26N4O3S. The van der Waals surface area contributed by atoms with Crippen LogP contribution >= 0.6 is 11.8 Å². The molecule has 0 radical (unpaired) electrons. The van der Waals surface area contributed by atoms with Crippen molar-refractivity contribution in [3.05, 3.63) is 23.8 Å². The lowest BCUT2D eigenvalue weighted by molar-refractivity contribution is 0.0589. The van der Waals surface area contributed by atoms with E-state index < -0.39 is 11.7 Å². The molecule has 0 aromatic heterocycles. The predicted molar refractivity (Wildman–Crippen MR) is 107 cm³/mol. The summed E-state index contributed by atoms with van der Waals surface area (Å²) >= 11 is 1.53. The van der Waals surface area contributed by atoms with E-state index in [2.05, 4.69) is 17.2 Å². The van der Waals surface area contributed by atoms with Crippen molar-refractivity contribution in [2.24, 2.45) is 4.99 Å². The number of carbonyl (C=O) groups is 2. The standard InChI is InChI=1S/C18H26N4O3S/c1-10-11(2)26-16(20-10)21-15(23)13-8-7-12(9-14(13)19)22(6)17(24)25-18(3,4)5/h7-11H,19H2,1-6H3,(H,20,21,23).